The fourth-order valence-corrected chi connectivity index (χ4v) is 3.36. The van der Waals surface area contributed by atoms with E-state index in [0.717, 1.165) is 48.2 Å². The molecule has 6 nitrogen and oxygen atoms in total. The SMILES string of the molecule is O=C(O)CCC(=O)OCC1=CC2=C(CC1)C1=C(C=C(CO)CC1)OC2. The molecule has 1 heterocycles. The number of fused-ring (bicyclic) bond motifs is 1. The van der Waals surface area contributed by atoms with Crippen molar-refractivity contribution < 1.29 is 29.3 Å². The maximum absolute atomic E-state index is 11.5. The minimum atomic E-state index is -1.00. The number of carboxylic acids is 1. The zero-order valence-corrected chi connectivity index (χ0v) is 14.0. The lowest BCUT2D eigenvalue weighted by Crippen LogP contribution is -2.18. The highest BCUT2D eigenvalue weighted by Gasteiger charge is 2.26. The molecule has 3 rings (SSSR count). The minimum Gasteiger partial charge on any atom is -0.489 e. The number of ether oxygens (including phenoxy) is 2. The monoisotopic (exact) mass is 346 g/mol. The first-order chi connectivity index (χ1) is 12.1. The Labute approximate surface area is 146 Å². The number of carbonyl (C=O) groups is 2. The van der Waals surface area contributed by atoms with E-state index in [1.54, 1.807) is 0 Å². The Kier molecular flexibility index (Phi) is 5.38. The topological polar surface area (TPSA) is 93.1 Å². The van der Waals surface area contributed by atoms with Crippen LogP contribution in [0.1, 0.15) is 38.5 Å². The summed E-state index contributed by atoms with van der Waals surface area (Å²) in [4.78, 5) is 22.0. The largest absolute Gasteiger partial charge is 0.489 e. The van der Waals surface area contributed by atoms with Crippen LogP contribution in [0, 0.1) is 0 Å². The molecule has 0 bridgehead atoms. The van der Waals surface area contributed by atoms with Crippen LogP contribution in [0.3, 0.4) is 0 Å². The summed E-state index contributed by atoms with van der Waals surface area (Å²) in [6.07, 6.45) is 7.12. The molecule has 0 aromatic heterocycles. The molecule has 2 aliphatic carbocycles. The molecule has 134 valence electrons. The van der Waals surface area contributed by atoms with E-state index < -0.39 is 11.9 Å². The summed E-state index contributed by atoms with van der Waals surface area (Å²) < 4.78 is 11.0. The second-order valence-electron chi connectivity index (χ2n) is 6.45. The predicted molar refractivity (Wildman–Crippen MR) is 89.6 cm³/mol. The maximum Gasteiger partial charge on any atom is 0.306 e. The van der Waals surface area contributed by atoms with E-state index in [9.17, 15) is 14.7 Å². The Balaban J connectivity index is 1.64. The number of hydrogen-bond donors (Lipinski definition) is 2. The van der Waals surface area contributed by atoms with Gasteiger partial charge in [0.1, 0.15) is 19.0 Å². The van der Waals surface area contributed by atoms with Crippen LogP contribution < -0.4 is 0 Å². The molecule has 0 aromatic carbocycles. The Morgan fingerprint density at radius 3 is 2.56 bits per heavy atom. The number of hydrogen-bond acceptors (Lipinski definition) is 5. The number of allylic oxidation sites excluding steroid dienone is 3. The molecular weight excluding hydrogens is 324 g/mol. The number of aliphatic carboxylic acids is 1. The first-order valence-electron chi connectivity index (χ1n) is 8.52. The molecule has 0 atom stereocenters. The van der Waals surface area contributed by atoms with Crippen LogP contribution in [0.15, 0.2) is 45.8 Å². The minimum absolute atomic E-state index is 0.0728. The Morgan fingerprint density at radius 2 is 1.80 bits per heavy atom. The lowest BCUT2D eigenvalue weighted by Gasteiger charge is -2.30. The highest BCUT2D eigenvalue weighted by atomic mass is 16.5. The smallest absolute Gasteiger partial charge is 0.306 e. The molecule has 0 amide bonds. The summed E-state index contributed by atoms with van der Waals surface area (Å²) in [5, 5.41) is 17.9. The molecule has 0 radical (unpaired) electrons. The molecule has 0 saturated carbocycles. The summed E-state index contributed by atoms with van der Waals surface area (Å²) in [6, 6.07) is 0. The molecule has 3 aliphatic rings. The van der Waals surface area contributed by atoms with E-state index in [1.165, 1.54) is 11.1 Å². The van der Waals surface area contributed by atoms with E-state index >= 15 is 0 Å². The fourth-order valence-electron chi connectivity index (χ4n) is 3.36. The van der Waals surface area contributed by atoms with Crippen molar-refractivity contribution in [2.45, 2.75) is 38.5 Å². The van der Waals surface area contributed by atoms with E-state index in [-0.39, 0.29) is 26.1 Å². The van der Waals surface area contributed by atoms with Crippen LogP contribution in [0.25, 0.3) is 0 Å². The molecule has 0 aromatic rings. The average Bonchev–Trinajstić information content (AvgIpc) is 2.63. The standard InChI is InChI=1S/C19H22O6/c20-9-12-1-4-16-15-3-2-13(7-14(15)11-24-17(16)8-12)10-25-19(23)6-5-18(21)22/h7-8,20H,1-6,9-11H2,(H,21,22). The van der Waals surface area contributed by atoms with Crippen LogP contribution in [0.2, 0.25) is 0 Å². The number of aliphatic hydroxyl groups is 1. The summed E-state index contributed by atoms with van der Waals surface area (Å²) in [6.45, 7) is 0.763. The lowest BCUT2D eigenvalue weighted by atomic mass is 9.82. The first-order valence-corrected chi connectivity index (χ1v) is 8.52. The number of carboxylic acid groups (broad SMARTS) is 1. The average molecular weight is 346 g/mol. The Morgan fingerprint density at radius 1 is 1.04 bits per heavy atom. The van der Waals surface area contributed by atoms with Crippen molar-refractivity contribution in [3.8, 4) is 0 Å². The van der Waals surface area contributed by atoms with Gasteiger partial charge in [-0.2, -0.15) is 0 Å². The lowest BCUT2D eigenvalue weighted by molar-refractivity contribution is -0.147. The number of esters is 1. The number of aliphatic hydroxyl groups excluding tert-OH is 1. The van der Waals surface area contributed by atoms with E-state index in [4.69, 9.17) is 14.6 Å². The predicted octanol–water partition coefficient (Wildman–Crippen LogP) is 2.41. The normalized spacial score (nSPS) is 19.4. The van der Waals surface area contributed by atoms with Crippen molar-refractivity contribution in [2.24, 2.45) is 0 Å². The van der Waals surface area contributed by atoms with Gasteiger partial charge in [-0.15, -0.1) is 0 Å². The van der Waals surface area contributed by atoms with Gasteiger partial charge >= 0.3 is 11.9 Å². The molecule has 6 heteroatoms. The summed E-state index contributed by atoms with van der Waals surface area (Å²) >= 11 is 0. The van der Waals surface area contributed by atoms with Crippen LogP contribution in [0.5, 0.6) is 0 Å². The number of carbonyl (C=O) groups excluding carboxylic acids is 1. The zero-order chi connectivity index (χ0) is 17.8. The number of rotatable bonds is 6. The zero-order valence-electron chi connectivity index (χ0n) is 14.0. The summed E-state index contributed by atoms with van der Waals surface area (Å²) in [5.74, 6) is -0.606. The van der Waals surface area contributed by atoms with Gasteiger partial charge in [0, 0.05) is 0 Å². The molecule has 2 N–H and O–H groups in total. The van der Waals surface area contributed by atoms with Gasteiger partial charge in [0.2, 0.25) is 0 Å². The third kappa shape index (κ3) is 4.20. The van der Waals surface area contributed by atoms with Crippen LogP contribution >= 0.6 is 0 Å². The molecule has 25 heavy (non-hydrogen) atoms. The van der Waals surface area contributed by atoms with E-state index in [2.05, 4.69) is 0 Å². The molecule has 0 unspecified atom stereocenters. The van der Waals surface area contributed by atoms with Crippen molar-refractivity contribution in [3.63, 3.8) is 0 Å². The van der Waals surface area contributed by atoms with E-state index in [0.29, 0.717) is 6.61 Å². The van der Waals surface area contributed by atoms with Crippen LogP contribution in [-0.4, -0.2) is 42.0 Å². The van der Waals surface area contributed by atoms with Gasteiger partial charge in [-0.3, -0.25) is 9.59 Å². The van der Waals surface area contributed by atoms with Crippen molar-refractivity contribution in [1.82, 2.24) is 0 Å². The van der Waals surface area contributed by atoms with Gasteiger partial charge in [0.05, 0.1) is 19.4 Å². The second kappa shape index (κ2) is 7.70. The summed E-state index contributed by atoms with van der Waals surface area (Å²) in [5.41, 5.74) is 5.70. The first kappa shape index (κ1) is 17.5. The van der Waals surface area contributed by atoms with Crippen molar-refractivity contribution >= 4 is 11.9 Å². The Bertz CT molecular complexity index is 707. The molecule has 1 aliphatic heterocycles. The van der Waals surface area contributed by atoms with Gasteiger partial charge < -0.3 is 19.7 Å². The van der Waals surface area contributed by atoms with Crippen molar-refractivity contribution in [1.29, 1.82) is 0 Å². The molecule has 0 spiro atoms. The van der Waals surface area contributed by atoms with Crippen LogP contribution in [-0.2, 0) is 19.1 Å². The highest BCUT2D eigenvalue weighted by Crippen LogP contribution is 2.40. The van der Waals surface area contributed by atoms with Gasteiger partial charge in [-0.05, 0) is 59.6 Å². The maximum atomic E-state index is 11.5. The van der Waals surface area contributed by atoms with Gasteiger partial charge in [0.25, 0.3) is 0 Å². The van der Waals surface area contributed by atoms with Gasteiger partial charge in [-0.25, -0.2) is 0 Å². The third-order valence-corrected chi connectivity index (χ3v) is 4.70. The Hall–Kier alpha value is -2.34. The van der Waals surface area contributed by atoms with E-state index in [1.807, 2.05) is 12.2 Å². The highest BCUT2D eigenvalue weighted by molar-refractivity contribution is 5.76. The second-order valence-corrected chi connectivity index (χ2v) is 6.45. The molecular formula is C19H22O6. The molecule has 0 saturated heterocycles. The quantitative estimate of drug-likeness (QED) is 0.718. The fraction of sp³-hybridized carbons (Fsp3) is 0.474. The summed E-state index contributed by atoms with van der Waals surface area (Å²) in [7, 11) is 0. The van der Waals surface area contributed by atoms with Gasteiger partial charge in [0.15, 0.2) is 0 Å². The van der Waals surface area contributed by atoms with Gasteiger partial charge in [-0.1, -0.05) is 6.08 Å². The van der Waals surface area contributed by atoms with Crippen molar-refractivity contribution in [2.75, 3.05) is 19.8 Å². The third-order valence-electron chi connectivity index (χ3n) is 4.70. The van der Waals surface area contributed by atoms with Crippen LogP contribution in [0.4, 0.5) is 0 Å². The molecule has 0 fully saturated rings. The van der Waals surface area contributed by atoms with Crippen molar-refractivity contribution in [3.05, 3.63) is 45.8 Å².